The average molecular weight is 279 g/mol. The number of fused-ring (bicyclic) bond motifs is 1. The largest absolute Gasteiger partial charge is 0.397 e. The van der Waals surface area contributed by atoms with Gasteiger partial charge >= 0.3 is 0 Å². The van der Waals surface area contributed by atoms with Crippen molar-refractivity contribution in [2.24, 2.45) is 0 Å². The predicted octanol–water partition coefficient (Wildman–Crippen LogP) is 3.57. The fourth-order valence-electron chi connectivity index (χ4n) is 1.87. The topological polar surface area (TPSA) is 38.0 Å². The molecule has 16 heavy (non-hydrogen) atoms. The van der Waals surface area contributed by atoms with Crippen LogP contribution in [-0.2, 0) is 0 Å². The van der Waals surface area contributed by atoms with Gasteiger partial charge in [-0.05, 0) is 24.3 Å². The van der Waals surface area contributed by atoms with E-state index in [1.807, 2.05) is 12.1 Å². The van der Waals surface area contributed by atoms with Crippen molar-refractivity contribution < 1.29 is 0 Å². The molecule has 0 heterocycles. The minimum absolute atomic E-state index is 0. The first kappa shape index (κ1) is 11.3. The van der Waals surface area contributed by atoms with E-state index >= 15 is 0 Å². The van der Waals surface area contributed by atoms with Gasteiger partial charge < -0.3 is 11.1 Å². The van der Waals surface area contributed by atoms with Crippen LogP contribution in [0, 0.1) is 0 Å². The molecular weight excluding hydrogens is 264 g/mol. The van der Waals surface area contributed by atoms with Crippen LogP contribution in [0.3, 0.4) is 0 Å². The van der Waals surface area contributed by atoms with E-state index in [2.05, 4.69) is 29.6 Å². The van der Waals surface area contributed by atoms with Crippen LogP contribution >= 0.6 is 17.0 Å². The van der Waals surface area contributed by atoms with Crippen LogP contribution in [0.5, 0.6) is 0 Å². The lowest BCUT2D eigenvalue weighted by atomic mass is 10.1. The maximum Gasteiger partial charge on any atom is 0.0629 e. The molecule has 0 radical (unpaired) electrons. The van der Waals surface area contributed by atoms with Crippen molar-refractivity contribution in [2.75, 3.05) is 11.1 Å². The number of benzene rings is 2. The number of nitrogens with one attached hydrogen (secondary N) is 1. The summed E-state index contributed by atoms with van der Waals surface area (Å²) in [4.78, 5) is 0. The van der Waals surface area contributed by atoms with Crippen molar-refractivity contribution in [1.29, 1.82) is 0 Å². The average Bonchev–Trinajstić information content (AvgIpc) is 3.07. The highest BCUT2D eigenvalue weighted by Gasteiger charge is 2.21. The zero-order valence-electron chi connectivity index (χ0n) is 8.94. The molecule has 0 unspecified atom stereocenters. The summed E-state index contributed by atoms with van der Waals surface area (Å²) in [5.74, 6) is 0. The lowest BCUT2D eigenvalue weighted by Crippen LogP contribution is -2.04. The van der Waals surface area contributed by atoms with E-state index in [9.17, 15) is 0 Å². The van der Waals surface area contributed by atoms with E-state index in [1.165, 1.54) is 18.2 Å². The van der Waals surface area contributed by atoms with Crippen LogP contribution in [0.15, 0.2) is 36.4 Å². The summed E-state index contributed by atoms with van der Waals surface area (Å²) in [5, 5.41) is 5.80. The first-order valence-electron chi connectivity index (χ1n) is 5.38. The fraction of sp³-hybridized carbons (Fsp3) is 0.231. The Labute approximate surface area is 106 Å². The molecule has 0 amide bonds. The van der Waals surface area contributed by atoms with Gasteiger partial charge in [-0.2, -0.15) is 0 Å². The zero-order chi connectivity index (χ0) is 10.3. The van der Waals surface area contributed by atoms with Crippen molar-refractivity contribution in [3.8, 4) is 0 Å². The van der Waals surface area contributed by atoms with Crippen LogP contribution < -0.4 is 11.1 Å². The number of nitrogens with two attached hydrogens (primary N) is 1. The molecule has 0 bridgehead atoms. The van der Waals surface area contributed by atoms with Gasteiger partial charge in [-0.15, -0.1) is 17.0 Å². The van der Waals surface area contributed by atoms with Crippen molar-refractivity contribution in [3.63, 3.8) is 0 Å². The Morgan fingerprint density at radius 2 is 1.81 bits per heavy atom. The van der Waals surface area contributed by atoms with Crippen molar-refractivity contribution in [1.82, 2.24) is 0 Å². The van der Waals surface area contributed by atoms with Gasteiger partial charge in [0.1, 0.15) is 0 Å². The molecule has 0 aromatic heterocycles. The van der Waals surface area contributed by atoms with Gasteiger partial charge in [0.2, 0.25) is 0 Å². The maximum absolute atomic E-state index is 6.13. The summed E-state index contributed by atoms with van der Waals surface area (Å²) in [6.07, 6.45) is 2.54. The molecule has 84 valence electrons. The van der Waals surface area contributed by atoms with Gasteiger partial charge in [0.25, 0.3) is 0 Å². The number of hydrogen-bond donors (Lipinski definition) is 2. The lowest BCUT2D eigenvalue weighted by molar-refractivity contribution is 1.16. The molecular formula is C13H15BrN2. The summed E-state index contributed by atoms with van der Waals surface area (Å²) in [7, 11) is 0. The molecule has 1 saturated carbocycles. The highest BCUT2D eigenvalue weighted by Crippen LogP contribution is 2.32. The molecule has 2 nitrogen and oxygen atoms in total. The van der Waals surface area contributed by atoms with Crippen molar-refractivity contribution in [2.45, 2.75) is 18.9 Å². The third-order valence-electron chi connectivity index (χ3n) is 2.91. The molecule has 2 aromatic carbocycles. The number of nitrogen functional groups attached to an aromatic ring is 1. The number of anilines is 2. The predicted molar refractivity (Wildman–Crippen MR) is 75.3 cm³/mol. The molecule has 2 aromatic rings. The normalized spacial score (nSPS) is 14.5. The fourth-order valence-corrected chi connectivity index (χ4v) is 1.87. The summed E-state index contributed by atoms with van der Waals surface area (Å²) in [6.45, 7) is 0. The Balaban J connectivity index is 0.000000963. The smallest absolute Gasteiger partial charge is 0.0629 e. The Bertz CT molecular complexity index is 506. The van der Waals surface area contributed by atoms with Crippen LogP contribution in [-0.4, -0.2) is 6.04 Å². The van der Waals surface area contributed by atoms with Gasteiger partial charge in [0, 0.05) is 11.4 Å². The Hall–Kier alpha value is -1.22. The molecule has 0 atom stereocenters. The third kappa shape index (κ3) is 2.00. The Morgan fingerprint density at radius 3 is 2.56 bits per heavy atom. The molecule has 3 N–H and O–H groups in total. The molecule has 1 fully saturated rings. The third-order valence-corrected chi connectivity index (χ3v) is 2.91. The minimum Gasteiger partial charge on any atom is -0.397 e. The molecule has 1 aliphatic carbocycles. The SMILES string of the molecule is Br.Nc1c(NC2CC2)ccc2ccccc12. The minimum atomic E-state index is 0. The number of rotatable bonds is 2. The molecule has 0 saturated heterocycles. The van der Waals surface area contributed by atoms with Gasteiger partial charge in [-0.1, -0.05) is 30.3 Å². The van der Waals surface area contributed by atoms with E-state index in [0.29, 0.717) is 6.04 Å². The monoisotopic (exact) mass is 278 g/mol. The van der Waals surface area contributed by atoms with Crippen molar-refractivity contribution >= 4 is 39.1 Å². The highest BCUT2D eigenvalue weighted by atomic mass is 79.9. The second kappa shape index (κ2) is 4.34. The van der Waals surface area contributed by atoms with Gasteiger partial charge in [-0.25, -0.2) is 0 Å². The number of halogens is 1. The standard InChI is InChI=1S/C13H14N2.BrH/c14-13-11-4-2-1-3-9(11)5-8-12(13)15-10-6-7-10;/h1-5,8,10,15H,6-7,14H2;1H. The van der Waals surface area contributed by atoms with E-state index in [1.54, 1.807) is 0 Å². The summed E-state index contributed by atoms with van der Waals surface area (Å²) >= 11 is 0. The second-order valence-electron chi connectivity index (χ2n) is 4.17. The molecule has 0 aliphatic heterocycles. The van der Waals surface area contributed by atoms with Crippen LogP contribution in [0.4, 0.5) is 11.4 Å². The van der Waals surface area contributed by atoms with Gasteiger partial charge in [0.15, 0.2) is 0 Å². The number of hydrogen-bond acceptors (Lipinski definition) is 2. The van der Waals surface area contributed by atoms with E-state index in [0.717, 1.165) is 16.8 Å². The molecule has 3 heteroatoms. The van der Waals surface area contributed by atoms with Crippen molar-refractivity contribution in [3.05, 3.63) is 36.4 Å². The second-order valence-corrected chi connectivity index (χ2v) is 4.17. The van der Waals surface area contributed by atoms with E-state index in [4.69, 9.17) is 5.73 Å². The quantitative estimate of drug-likeness (QED) is 0.825. The summed E-state index contributed by atoms with van der Waals surface area (Å²) in [6, 6.07) is 13.1. The molecule has 3 rings (SSSR count). The van der Waals surface area contributed by atoms with E-state index in [-0.39, 0.29) is 17.0 Å². The molecule has 0 spiro atoms. The summed E-state index contributed by atoms with van der Waals surface area (Å²) < 4.78 is 0. The Morgan fingerprint density at radius 1 is 1.06 bits per heavy atom. The Kier molecular flexibility index (Phi) is 3.06. The lowest BCUT2D eigenvalue weighted by Gasteiger charge is -2.10. The first-order valence-corrected chi connectivity index (χ1v) is 5.38. The van der Waals surface area contributed by atoms with Crippen LogP contribution in [0.1, 0.15) is 12.8 Å². The molecule has 1 aliphatic rings. The zero-order valence-corrected chi connectivity index (χ0v) is 10.7. The summed E-state index contributed by atoms with van der Waals surface area (Å²) in [5.41, 5.74) is 8.09. The first-order chi connectivity index (χ1) is 7.34. The maximum atomic E-state index is 6.13. The van der Waals surface area contributed by atoms with Crippen LogP contribution in [0.2, 0.25) is 0 Å². The highest BCUT2D eigenvalue weighted by molar-refractivity contribution is 8.93. The van der Waals surface area contributed by atoms with Gasteiger partial charge in [-0.3, -0.25) is 0 Å². The van der Waals surface area contributed by atoms with E-state index < -0.39 is 0 Å². The van der Waals surface area contributed by atoms with Gasteiger partial charge in [0.05, 0.1) is 11.4 Å². The van der Waals surface area contributed by atoms with Crippen LogP contribution in [0.25, 0.3) is 10.8 Å².